The highest BCUT2D eigenvalue weighted by Crippen LogP contribution is 2.37. The van der Waals surface area contributed by atoms with Crippen LogP contribution in [0.4, 0.5) is 5.69 Å². The predicted octanol–water partition coefficient (Wildman–Crippen LogP) is 5.79. The molecule has 3 rings (SSSR count). The second-order valence-electron chi connectivity index (χ2n) is 7.77. The topological polar surface area (TPSA) is 109 Å². The molecule has 3 aromatic carbocycles. The van der Waals surface area contributed by atoms with Crippen LogP contribution >= 0.6 is 11.6 Å². The SMILES string of the molecule is COc1cc(/C=C(\C#N)C(=O)Nc2cc(C)ccc2C)cc(Cl)c1OCc1ccc(C(=O)O)cc1. The molecule has 0 unspecified atom stereocenters. The Labute approximate surface area is 208 Å². The summed E-state index contributed by atoms with van der Waals surface area (Å²) in [4.78, 5) is 23.7. The van der Waals surface area contributed by atoms with Crippen LogP contribution in [0.1, 0.15) is 32.6 Å². The molecule has 0 aromatic heterocycles. The van der Waals surface area contributed by atoms with Gasteiger partial charge in [-0.1, -0.05) is 35.9 Å². The number of benzene rings is 3. The first-order valence-corrected chi connectivity index (χ1v) is 10.9. The number of aryl methyl sites for hydroxylation is 2. The summed E-state index contributed by atoms with van der Waals surface area (Å²) in [5.74, 6) is -0.947. The summed E-state index contributed by atoms with van der Waals surface area (Å²) in [7, 11) is 1.45. The second kappa shape index (κ2) is 11.2. The number of halogens is 1. The van der Waals surface area contributed by atoms with E-state index in [-0.39, 0.29) is 28.5 Å². The molecule has 0 aliphatic carbocycles. The van der Waals surface area contributed by atoms with Crippen molar-refractivity contribution < 1.29 is 24.2 Å². The Hall–Kier alpha value is -4.28. The van der Waals surface area contributed by atoms with Gasteiger partial charge in [-0.3, -0.25) is 4.79 Å². The van der Waals surface area contributed by atoms with E-state index in [1.54, 1.807) is 24.3 Å². The van der Waals surface area contributed by atoms with Crippen molar-refractivity contribution in [2.45, 2.75) is 20.5 Å². The third-order valence-electron chi connectivity index (χ3n) is 5.15. The molecule has 8 heteroatoms. The Morgan fingerprint density at radius 2 is 1.83 bits per heavy atom. The summed E-state index contributed by atoms with van der Waals surface area (Å²) in [6, 6.07) is 17.0. The van der Waals surface area contributed by atoms with Gasteiger partial charge < -0.3 is 19.9 Å². The van der Waals surface area contributed by atoms with Gasteiger partial charge in [0.15, 0.2) is 11.5 Å². The van der Waals surface area contributed by atoms with Crippen molar-refractivity contribution in [3.63, 3.8) is 0 Å². The average Bonchev–Trinajstić information content (AvgIpc) is 2.83. The molecule has 0 radical (unpaired) electrons. The molecule has 7 nitrogen and oxygen atoms in total. The van der Waals surface area contributed by atoms with E-state index in [9.17, 15) is 14.9 Å². The van der Waals surface area contributed by atoms with Crippen molar-refractivity contribution in [2.75, 3.05) is 12.4 Å². The zero-order valence-corrected chi connectivity index (χ0v) is 20.1. The summed E-state index contributed by atoms with van der Waals surface area (Å²) < 4.78 is 11.2. The number of hydrogen-bond acceptors (Lipinski definition) is 5. The van der Waals surface area contributed by atoms with Crippen LogP contribution in [-0.4, -0.2) is 24.1 Å². The molecular weight excluding hydrogens is 468 g/mol. The summed E-state index contributed by atoms with van der Waals surface area (Å²) in [5.41, 5.74) is 3.80. The van der Waals surface area contributed by atoms with E-state index < -0.39 is 11.9 Å². The molecule has 0 saturated carbocycles. The minimum absolute atomic E-state index is 0.101. The number of amides is 1. The zero-order valence-electron chi connectivity index (χ0n) is 19.4. The molecule has 2 N–H and O–H groups in total. The van der Waals surface area contributed by atoms with Crippen LogP contribution < -0.4 is 14.8 Å². The summed E-state index contributed by atoms with van der Waals surface area (Å²) >= 11 is 6.43. The standard InChI is InChI=1S/C27H23ClN2O5/c1-16-4-5-17(2)23(10-16)30-26(31)21(14-29)11-19-12-22(28)25(24(13-19)34-3)35-15-18-6-8-20(9-7-18)27(32)33/h4-13H,15H2,1-3H3,(H,30,31)(H,32,33)/b21-11+. The minimum Gasteiger partial charge on any atom is -0.493 e. The van der Waals surface area contributed by atoms with Crippen molar-refractivity contribution >= 4 is 35.2 Å². The first-order valence-electron chi connectivity index (χ1n) is 10.5. The molecule has 0 fully saturated rings. The van der Waals surface area contributed by atoms with Gasteiger partial charge in [-0.15, -0.1) is 0 Å². The molecular formula is C27H23ClN2O5. The summed E-state index contributed by atoms with van der Waals surface area (Å²) in [6.45, 7) is 3.92. The van der Waals surface area contributed by atoms with Gasteiger partial charge in [-0.05, 0) is 72.5 Å². The maximum Gasteiger partial charge on any atom is 0.335 e. The Kier molecular flexibility index (Phi) is 8.13. The maximum atomic E-state index is 12.7. The molecule has 35 heavy (non-hydrogen) atoms. The molecule has 0 aliphatic rings. The number of carbonyl (C=O) groups is 2. The Bertz CT molecular complexity index is 1340. The zero-order chi connectivity index (χ0) is 25.5. The van der Waals surface area contributed by atoms with Gasteiger partial charge in [-0.2, -0.15) is 5.26 Å². The van der Waals surface area contributed by atoms with Crippen LogP contribution in [0.25, 0.3) is 6.08 Å². The molecule has 1 amide bonds. The van der Waals surface area contributed by atoms with Gasteiger partial charge in [0, 0.05) is 5.69 Å². The number of hydrogen-bond donors (Lipinski definition) is 2. The van der Waals surface area contributed by atoms with Crippen LogP contribution in [-0.2, 0) is 11.4 Å². The lowest BCUT2D eigenvalue weighted by atomic mass is 10.1. The highest BCUT2D eigenvalue weighted by atomic mass is 35.5. The lowest BCUT2D eigenvalue weighted by Gasteiger charge is -2.14. The lowest BCUT2D eigenvalue weighted by molar-refractivity contribution is -0.112. The quantitative estimate of drug-likeness (QED) is 0.305. The number of carboxylic acids is 1. The van der Waals surface area contributed by atoms with Crippen molar-refractivity contribution in [3.8, 4) is 17.6 Å². The number of aromatic carboxylic acids is 1. The van der Waals surface area contributed by atoms with Gasteiger partial charge in [0.05, 0.1) is 17.7 Å². The highest BCUT2D eigenvalue weighted by Gasteiger charge is 2.15. The van der Waals surface area contributed by atoms with E-state index in [1.165, 1.54) is 25.3 Å². The number of rotatable bonds is 8. The van der Waals surface area contributed by atoms with Crippen LogP contribution in [0.3, 0.4) is 0 Å². The molecule has 0 saturated heterocycles. The van der Waals surface area contributed by atoms with Crippen molar-refractivity contribution in [1.29, 1.82) is 5.26 Å². The molecule has 178 valence electrons. The minimum atomic E-state index is -1.01. The smallest absolute Gasteiger partial charge is 0.335 e. The molecule has 0 atom stereocenters. The predicted molar refractivity (Wildman–Crippen MR) is 134 cm³/mol. The van der Waals surface area contributed by atoms with Crippen LogP contribution in [0.2, 0.25) is 5.02 Å². The number of nitrogens with zero attached hydrogens (tertiary/aromatic N) is 1. The Morgan fingerprint density at radius 1 is 1.11 bits per heavy atom. The number of nitriles is 1. The van der Waals surface area contributed by atoms with E-state index in [0.29, 0.717) is 17.0 Å². The lowest BCUT2D eigenvalue weighted by Crippen LogP contribution is -2.14. The average molecular weight is 491 g/mol. The molecule has 0 heterocycles. The van der Waals surface area contributed by atoms with Crippen molar-refractivity contribution in [3.05, 3.63) is 93.0 Å². The van der Waals surface area contributed by atoms with Crippen LogP contribution in [0, 0.1) is 25.2 Å². The van der Waals surface area contributed by atoms with Gasteiger partial charge in [-0.25, -0.2) is 4.79 Å². The monoisotopic (exact) mass is 490 g/mol. The Balaban J connectivity index is 1.81. The van der Waals surface area contributed by atoms with Gasteiger partial charge in [0.2, 0.25) is 0 Å². The fourth-order valence-corrected chi connectivity index (χ4v) is 3.51. The van der Waals surface area contributed by atoms with Crippen LogP contribution in [0.5, 0.6) is 11.5 Å². The normalized spacial score (nSPS) is 10.9. The van der Waals surface area contributed by atoms with Crippen molar-refractivity contribution in [1.82, 2.24) is 0 Å². The van der Waals surface area contributed by atoms with E-state index in [2.05, 4.69) is 5.32 Å². The summed E-state index contributed by atoms with van der Waals surface area (Å²) in [6.07, 6.45) is 1.42. The Morgan fingerprint density at radius 3 is 2.46 bits per heavy atom. The van der Waals surface area contributed by atoms with Gasteiger partial charge in [0.1, 0.15) is 18.2 Å². The van der Waals surface area contributed by atoms with E-state index >= 15 is 0 Å². The van der Waals surface area contributed by atoms with Crippen LogP contribution in [0.15, 0.2) is 60.2 Å². The first-order chi connectivity index (χ1) is 16.7. The molecule has 3 aromatic rings. The van der Waals surface area contributed by atoms with E-state index in [1.807, 2.05) is 38.1 Å². The van der Waals surface area contributed by atoms with E-state index in [0.717, 1.165) is 16.7 Å². The third kappa shape index (κ3) is 6.40. The van der Waals surface area contributed by atoms with E-state index in [4.69, 9.17) is 26.2 Å². The third-order valence-corrected chi connectivity index (χ3v) is 5.43. The number of methoxy groups -OCH3 is 1. The number of carbonyl (C=O) groups excluding carboxylic acids is 1. The fourth-order valence-electron chi connectivity index (χ4n) is 3.24. The fraction of sp³-hybridized carbons (Fsp3) is 0.148. The number of carboxylic acid groups (broad SMARTS) is 1. The maximum absolute atomic E-state index is 12.7. The number of nitrogens with one attached hydrogen (secondary N) is 1. The second-order valence-corrected chi connectivity index (χ2v) is 8.17. The number of ether oxygens (including phenoxy) is 2. The number of anilines is 1. The highest BCUT2D eigenvalue weighted by molar-refractivity contribution is 6.32. The first kappa shape index (κ1) is 25.3. The largest absolute Gasteiger partial charge is 0.493 e. The summed E-state index contributed by atoms with van der Waals surface area (Å²) in [5, 5.41) is 21.6. The molecule has 0 aliphatic heterocycles. The van der Waals surface area contributed by atoms with Gasteiger partial charge in [0.25, 0.3) is 5.91 Å². The van der Waals surface area contributed by atoms with Crippen molar-refractivity contribution in [2.24, 2.45) is 0 Å². The molecule has 0 bridgehead atoms. The van der Waals surface area contributed by atoms with Gasteiger partial charge >= 0.3 is 5.97 Å². The molecule has 0 spiro atoms.